The third kappa shape index (κ3) is 6.64. The van der Waals surface area contributed by atoms with Gasteiger partial charge in [0.25, 0.3) is 0 Å². The van der Waals surface area contributed by atoms with Crippen molar-refractivity contribution in [1.82, 2.24) is 20.4 Å². The number of amides is 1. The lowest BCUT2D eigenvalue weighted by Gasteiger charge is -2.32. The molecule has 0 aromatic heterocycles. The van der Waals surface area contributed by atoms with Gasteiger partial charge in [-0.3, -0.25) is 9.89 Å². The monoisotopic (exact) mass is 389 g/mol. The molecule has 2 aliphatic heterocycles. The number of carbonyl (C=O) groups excluding carboxylic acids is 1. The quantitative estimate of drug-likeness (QED) is 0.483. The second-order valence-corrected chi connectivity index (χ2v) is 8.90. The fourth-order valence-corrected chi connectivity index (χ4v) is 4.39. The fourth-order valence-electron chi connectivity index (χ4n) is 3.12. The minimum Gasteiger partial charge on any atom is -0.450 e. The zero-order valence-corrected chi connectivity index (χ0v) is 16.6. The lowest BCUT2D eigenvalue weighted by atomic mass is 10.1. The summed E-state index contributed by atoms with van der Waals surface area (Å²) in [5.41, 5.74) is 0. The molecule has 0 atom stereocenters. The molecule has 10 heteroatoms. The predicted octanol–water partition coefficient (Wildman–Crippen LogP) is -0.497. The lowest BCUT2D eigenvalue weighted by Crippen LogP contribution is -2.51. The van der Waals surface area contributed by atoms with E-state index in [9.17, 15) is 13.2 Å². The van der Waals surface area contributed by atoms with E-state index in [1.54, 1.807) is 11.9 Å². The number of carbonyl (C=O) groups is 1. The summed E-state index contributed by atoms with van der Waals surface area (Å²) in [6.07, 6.45) is 1.46. The number of guanidine groups is 1. The first kappa shape index (κ1) is 20.8. The van der Waals surface area contributed by atoms with Gasteiger partial charge in [-0.15, -0.1) is 0 Å². The van der Waals surface area contributed by atoms with Gasteiger partial charge in [0, 0.05) is 52.4 Å². The summed E-state index contributed by atoms with van der Waals surface area (Å²) in [6, 6.07) is 0.270. The van der Waals surface area contributed by atoms with Crippen LogP contribution in [-0.2, 0) is 14.6 Å². The van der Waals surface area contributed by atoms with Crippen molar-refractivity contribution in [2.75, 3.05) is 64.4 Å². The van der Waals surface area contributed by atoms with Gasteiger partial charge in [-0.1, -0.05) is 0 Å². The number of ether oxygens (including phenoxy) is 1. The Morgan fingerprint density at radius 3 is 2.42 bits per heavy atom. The third-order valence-corrected chi connectivity index (χ3v) is 6.35. The number of rotatable bonds is 5. The highest BCUT2D eigenvalue weighted by Gasteiger charge is 2.24. The first-order chi connectivity index (χ1) is 12.4. The molecule has 2 aliphatic rings. The molecule has 0 aliphatic carbocycles. The molecule has 0 aromatic rings. The zero-order chi connectivity index (χ0) is 19.0. The van der Waals surface area contributed by atoms with Gasteiger partial charge in [0.2, 0.25) is 0 Å². The molecule has 150 valence electrons. The molecule has 1 amide bonds. The highest BCUT2D eigenvalue weighted by molar-refractivity contribution is 7.91. The molecule has 0 spiro atoms. The SMILES string of the molecule is CCOC(=O)N1CCC(NC(=NC)NCCN2CCS(=O)(=O)CC2)CC1. The van der Waals surface area contributed by atoms with E-state index in [1.807, 2.05) is 6.92 Å². The van der Waals surface area contributed by atoms with Gasteiger partial charge in [0.15, 0.2) is 15.8 Å². The second-order valence-electron chi connectivity index (χ2n) is 6.60. The smallest absolute Gasteiger partial charge is 0.409 e. The number of nitrogens with one attached hydrogen (secondary N) is 2. The maximum atomic E-state index is 11.7. The van der Waals surface area contributed by atoms with Gasteiger partial charge in [-0.05, 0) is 19.8 Å². The van der Waals surface area contributed by atoms with Crippen molar-refractivity contribution in [3.63, 3.8) is 0 Å². The summed E-state index contributed by atoms with van der Waals surface area (Å²) in [6.45, 7) is 6.26. The topological polar surface area (TPSA) is 103 Å². The number of aliphatic imine (C=N–C) groups is 1. The number of hydrogen-bond acceptors (Lipinski definition) is 6. The van der Waals surface area contributed by atoms with Crippen molar-refractivity contribution in [2.24, 2.45) is 4.99 Å². The van der Waals surface area contributed by atoms with Gasteiger partial charge < -0.3 is 20.3 Å². The molecule has 2 fully saturated rings. The van der Waals surface area contributed by atoms with Gasteiger partial charge in [-0.25, -0.2) is 13.2 Å². The summed E-state index contributed by atoms with van der Waals surface area (Å²) >= 11 is 0. The van der Waals surface area contributed by atoms with E-state index in [0.29, 0.717) is 39.3 Å². The summed E-state index contributed by atoms with van der Waals surface area (Å²) in [4.78, 5) is 19.9. The van der Waals surface area contributed by atoms with Gasteiger partial charge in [0.1, 0.15) is 0 Å². The molecule has 0 saturated carbocycles. The molecule has 9 nitrogen and oxygen atoms in total. The third-order valence-electron chi connectivity index (χ3n) is 4.74. The van der Waals surface area contributed by atoms with Crippen molar-refractivity contribution >= 4 is 21.9 Å². The molecule has 2 heterocycles. The average molecular weight is 390 g/mol. The first-order valence-corrected chi connectivity index (χ1v) is 11.1. The maximum absolute atomic E-state index is 11.7. The second kappa shape index (κ2) is 9.96. The van der Waals surface area contributed by atoms with Crippen LogP contribution in [0.3, 0.4) is 0 Å². The van der Waals surface area contributed by atoms with Crippen LogP contribution in [-0.4, -0.2) is 101 Å². The molecular formula is C16H31N5O4S. The Morgan fingerprint density at radius 2 is 1.85 bits per heavy atom. The van der Waals surface area contributed by atoms with Crippen molar-refractivity contribution in [3.05, 3.63) is 0 Å². The van der Waals surface area contributed by atoms with E-state index in [-0.39, 0.29) is 23.6 Å². The standard InChI is InChI=1S/C16H31N5O4S/c1-3-25-16(22)21-7-4-14(5-8-21)19-15(17-2)18-6-9-20-10-12-26(23,24)13-11-20/h14H,3-13H2,1-2H3,(H2,17,18,19). The average Bonchev–Trinajstić information content (AvgIpc) is 2.63. The van der Waals surface area contributed by atoms with E-state index in [1.165, 1.54) is 0 Å². The van der Waals surface area contributed by atoms with E-state index in [0.717, 1.165) is 25.3 Å². The van der Waals surface area contributed by atoms with Gasteiger partial charge >= 0.3 is 6.09 Å². The van der Waals surface area contributed by atoms with E-state index >= 15 is 0 Å². The number of nitrogens with zero attached hydrogens (tertiary/aromatic N) is 3. The first-order valence-electron chi connectivity index (χ1n) is 9.25. The molecule has 2 rings (SSSR count). The number of piperidine rings is 1. The fraction of sp³-hybridized carbons (Fsp3) is 0.875. The van der Waals surface area contributed by atoms with Crippen LogP contribution in [0.1, 0.15) is 19.8 Å². The van der Waals surface area contributed by atoms with E-state index in [4.69, 9.17) is 4.74 Å². The van der Waals surface area contributed by atoms with Gasteiger partial charge in [0.05, 0.1) is 18.1 Å². The summed E-state index contributed by atoms with van der Waals surface area (Å²) in [5.74, 6) is 1.24. The van der Waals surface area contributed by atoms with Crippen LogP contribution in [0.15, 0.2) is 4.99 Å². The maximum Gasteiger partial charge on any atom is 0.409 e. The Kier molecular flexibility index (Phi) is 7.95. The molecule has 0 bridgehead atoms. The highest BCUT2D eigenvalue weighted by atomic mass is 32.2. The Balaban J connectivity index is 1.65. The molecule has 0 aromatic carbocycles. The molecule has 0 unspecified atom stereocenters. The van der Waals surface area contributed by atoms with Crippen molar-refractivity contribution in [1.29, 1.82) is 0 Å². The van der Waals surface area contributed by atoms with Crippen LogP contribution in [0.4, 0.5) is 4.79 Å². The number of sulfone groups is 1. The Morgan fingerprint density at radius 1 is 1.19 bits per heavy atom. The number of hydrogen-bond donors (Lipinski definition) is 2. The Labute approximate surface area is 156 Å². The van der Waals surface area contributed by atoms with Gasteiger partial charge in [-0.2, -0.15) is 0 Å². The summed E-state index contributed by atoms with van der Waals surface area (Å²) in [5, 5.41) is 6.68. The van der Waals surface area contributed by atoms with E-state index < -0.39 is 9.84 Å². The summed E-state index contributed by atoms with van der Waals surface area (Å²) in [7, 11) is -1.10. The lowest BCUT2D eigenvalue weighted by molar-refractivity contribution is 0.0963. The van der Waals surface area contributed by atoms with Crippen LogP contribution < -0.4 is 10.6 Å². The minimum absolute atomic E-state index is 0.239. The van der Waals surface area contributed by atoms with Crippen molar-refractivity contribution in [3.8, 4) is 0 Å². The summed E-state index contributed by atoms with van der Waals surface area (Å²) < 4.78 is 27.9. The molecule has 0 radical (unpaired) electrons. The highest BCUT2D eigenvalue weighted by Crippen LogP contribution is 2.11. The zero-order valence-electron chi connectivity index (χ0n) is 15.7. The Bertz CT molecular complexity index is 573. The van der Waals surface area contributed by atoms with Crippen molar-refractivity contribution in [2.45, 2.75) is 25.8 Å². The van der Waals surface area contributed by atoms with E-state index in [2.05, 4.69) is 20.5 Å². The number of likely N-dealkylation sites (tertiary alicyclic amines) is 1. The van der Waals surface area contributed by atoms with Crippen molar-refractivity contribution < 1.29 is 17.9 Å². The van der Waals surface area contributed by atoms with Crippen LogP contribution in [0, 0.1) is 0 Å². The normalized spacial score (nSPS) is 22.1. The molecule has 2 saturated heterocycles. The molecule has 26 heavy (non-hydrogen) atoms. The molecular weight excluding hydrogens is 358 g/mol. The van der Waals surface area contributed by atoms with Crippen LogP contribution in [0.25, 0.3) is 0 Å². The van der Waals surface area contributed by atoms with Crippen LogP contribution in [0.5, 0.6) is 0 Å². The Hall–Kier alpha value is -1.55. The van der Waals surface area contributed by atoms with Crippen LogP contribution >= 0.6 is 0 Å². The van der Waals surface area contributed by atoms with Crippen LogP contribution in [0.2, 0.25) is 0 Å². The predicted molar refractivity (Wildman–Crippen MR) is 101 cm³/mol. The largest absolute Gasteiger partial charge is 0.450 e. The minimum atomic E-state index is -2.83. The molecule has 2 N–H and O–H groups in total.